The molecule has 24 heavy (non-hydrogen) atoms. The van der Waals surface area contributed by atoms with Gasteiger partial charge in [0.05, 0.1) is 12.6 Å². The summed E-state index contributed by atoms with van der Waals surface area (Å²) in [4.78, 5) is 4.89. The molecular formula is C18H17N3OS2. The first-order valence-corrected chi connectivity index (χ1v) is 10.3. The molecule has 2 aromatic heterocycles. The summed E-state index contributed by atoms with van der Waals surface area (Å²) < 4.78 is 7.96. The lowest BCUT2D eigenvalue weighted by atomic mass is 9.98. The zero-order valence-electron chi connectivity index (χ0n) is 13.1. The maximum Gasteiger partial charge on any atom is 0.159 e. The van der Waals surface area contributed by atoms with Crippen LogP contribution in [-0.2, 0) is 6.42 Å². The van der Waals surface area contributed by atoms with Crippen molar-refractivity contribution in [3.05, 3.63) is 52.5 Å². The summed E-state index contributed by atoms with van der Waals surface area (Å²) in [6, 6.07) is 10.9. The van der Waals surface area contributed by atoms with Crippen molar-refractivity contribution in [2.75, 3.05) is 18.1 Å². The van der Waals surface area contributed by atoms with Crippen LogP contribution in [0, 0.1) is 0 Å². The fraction of sp³-hybridized carbons (Fsp3) is 0.333. The van der Waals surface area contributed by atoms with Gasteiger partial charge in [0.25, 0.3) is 0 Å². The van der Waals surface area contributed by atoms with E-state index in [9.17, 15) is 0 Å². The van der Waals surface area contributed by atoms with Crippen LogP contribution in [0.4, 0.5) is 0 Å². The average Bonchev–Trinajstić information content (AvgIpc) is 3.27. The molecule has 4 heterocycles. The molecular weight excluding hydrogens is 338 g/mol. The minimum absolute atomic E-state index is 0.350. The summed E-state index contributed by atoms with van der Waals surface area (Å²) in [5, 5.41) is 9.12. The number of benzene rings is 1. The average molecular weight is 355 g/mol. The highest BCUT2D eigenvalue weighted by Gasteiger charge is 2.29. The second-order valence-electron chi connectivity index (χ2n) is 6.25. The zero-order chi connectivity index (χ0) is 15.9. The van der Waals surface area contributed by atoms with Gasteiger partial charge in [-0.3, -0.25) is 0 Å². The summed E-state index contributed by atoms with van der Waals surface area (Å²) in [5.74, 6) is 5.57. The normalized spacial score (nSPS) is 19.8. The molecule has 1 aromatic carbocycles. The number of ether oxygens (including phenoxy) is 1. The van der Waals surface area contributed by atoms with E-state index >= 15 is 0 Å². The van der Waals surface area contributed by atoms with Crippen LogP contribution in [0.2, 0.25) is 0 Å². The predicted molar refractivity (Wildman–Crippen MR) is 98.1 cm³/mol. The topological polar surface area (TPSA) is 39.9 Å². The quantitative estimate of drug-likeness (QED) is 0.709. The summed E-state index contributed by atoms with van der Waals surface area (Å²) >= 11 is 3.68. The van der Waals surface area contributed by atoms with E-state index in [1.165, 1.54) is 11.1 Å². The monoisotopic (exact) mass is 355 g/mol. The Balaban J connectivity index is 1.47. The first-order chi connectivity index (χ1) is 11.9. The molecule has 0 saturated carbocycles. The molecule has 4 nitrogen and oxygen atoms in total. The second-order valence-corrected chi connectivity index (χ2v) is 8.10. The number of thiophene rings is 1. The Kier molecular flexibility index (Phi) is 3.60. The van der Waals surface area contributed by atoms with Crippen LogP contribution in [-0.4, -0.2) is 32.9 Å². The molecule has 2 aliphatic rings. The third-order valence-electron chi connectivity index (χ3n) is 4.65. The summed E-state index contributed by atoms with van der Waals surface area (Å²) in [6.07, 6.45) is 0.834. The molecule has 0 bridgehead atoms. The third kappa shape index (κ3) is 2.45. The van der Waals surface area contributed by atoms with Gasteiger partial charge in [0, 0.05) is 40.4 Å². The van der Waals surface area contributed by atoms with Gasteiger partial charge in [0.15, 0.2) is 11.6 Å². The van der Waals surface area contributed by atoms with E-state index in [-0.39, 0.29) is 0 Å². The van der Waals surface area contributed by atoms with Gasteiger partial charge in [0.1, 0.15) is 5.75 Å². The zero-order valence-corrected chi connectivity index (χ0v) is 14.7. The molecule has 3 aromatic rings. The van der Waals surface area contributed by atoms with E-state index in [0.29, 0.717) is 12.0 Å². The van der Waals surface area contributed by atoms with Crippen LogP contribution in [0.5, 0.6) is 5.75 Å². The number of hydrogen-bond donors (Lipinski definition) is 0. The molecule has 2 aliphatic heterocycles. The molecule has 5 rings (SSSR count). The second kappa shape index (κ2) is 5.93. The number of nitrogens with zero attached hydrogens (tertiary/aromatic N) is 3. The van der Waals surface area contributed by atoms with E-state index in [1.807, 2.05) is 23.9 Å². The minimum atomic E-state index is 0.350. The van der Waals surface area contributed by atoms with Gasteiger partial charge >= 0.3 is 0 Å². The molecule has 1 unspecified atom stereocenters. The van der Waals surface area contributed by atoms with Crippen molar-refractivity contribution in [3.8, 4) is 17.1 Å². The molecule has 0 N–H and O–H groups in total. The van der Waals surface area contributed by atoms with Crippen LogP contribution < -0.4 is 4.74 Å². The molecule has 1 saturated heterocycles. The number of thioether (sulfide) groups is 1. The maximum absolute atomic E-state index is 5.81. The molecule has 1 atom stereocenters. The first kappa shape index (κ1) is 14.5. The number of rotatable bonds is 4. The first-order valence-electron chi connectivity index (χ1n) is 8.16. The molecule has 0 spiro atoms. The van der Waals surface area contributed by atoms with Crippen LogP contribution in [0.1, 0.15) is 23.3 Å². The van der Waals surface area contributed by atoms with Gasteiger partial charge in [-0.1, -0.05) is 18.2 Å². The Hall–Kier alpha value is -1.79. The Labute approximate surface area is 148 Å². The van der Waals surface area contributed by atoms with Crippen molar-refractivity contribution in [2.24, 2.45) is 0 Å². The van der Waals surface area contributed by atoms with Gasteiger partial charge in [-0.15, -0.1) is 0 Å². The Bertz CT molecular complexity index is 855. The van der Waals surface area contributed by atoms with Gasteiger partial charge in [-0.25, -0.2) is 9.67 Å². The van der Waals surface area contributed by atoms with Crippen molar-refractivity contribution in [1.82, 2.24) is 14.8 Å². The number of fused-ring (bicyclic) bond motifs is 1. The van der Waals surface area contributed by atoms with Crippen LogP contribution in [0.15, 0.2) is 41.1 Å². The lowest BCUT2D eigenvalue weighted by Gasteiger charge is -2.26. The molecule has 0 aliphatic carbocycles. The minimum Gasteiger partial charge on any atom is -0.493 e. The lowest BCUT2D eigenvalue weighted by Crippen LogP contribution is -2.24. The van der Waals surface area contributed by atoms with Gasteiger partial charge in [-0.05, 0) is 17.5 Å². The van der Waals surface area contributed by atoms with Gasteiger partial charge < -0.3 is 4.74 Å². The van der Waals surface area contributed by atoms with E-state index in [0.717, 1.165) is 41.9 Å². The number of para-hydroxylation sites is 1. The highest BCUT2D eigenvalue weighted by molar-refractivity contribution is 8.00. The number of hydrogen-bond acceptors (Lipinski definition) is 5. The largest absolute Gasteiger partial charge is 0.493 e. The maximum atomic E-state index is 5.81. The standard InChI is InChI=1S/C18H17N3OS2/c1-2-4-16-15(3-1)13(8-22-16)7-17-19-18(12-5-6-23-9-12)21(20-17)14-10-24-11-14/h1-6,9,13-14H,7-8,10-11H2. The van der Waals surface area contributed by atoms with Crippen molar-refractivity contribution < 1.29 is 4.74 Å². The van der Waals surface area contributed by atoms with Gasteiger partial charge in [0.2, 0.25) is 0 Å². The summed E-state index contributed by atoms with van der Waals surface area (Å²) in [5.41, 5.74) is 2.46. The molecule has 1 fully saturated rings. The Morgan fingerprint density at radius 3 is 2.92 bits per heavy atom. The van der Waals surface area contributed by atoms with Crippen molar-refractivity contribution in [3.63, 3.8) is 0 Å². The smallest absolute Gasteiger partial charge is 0.159 e. The van der Waals surface area contributed by atoms with E-state index in [2.05, 4.69) is 33.6 Å². The van der Waals surface area contributed by atoms with Crippen LogP contribution >= 0.6 is 23.1 Å². The Morgan fingerprint density at radius 2 is 2.12 bits per heavy atom. The van der Waals surface area contributed by atoms with E-state index in [1.54, 1.807) is 11.3 Å². The molecule has 0 amide bonds. The molecule has 0 radical (unpaired) electrons. The van der Waals surface area contributed by atoms with Crippen molar-refractivity contribution >= 4 is 23.1 Å². The molecule has 6 heteroatoms. The summed E-state index contributed by atoms with van der Waals surface area (Å²) in [6.45, 7) is 0.723. The summed E-state index contributed by atoms with van der Waals surface area (Å²) in [7, 11) is 0. The van der Waals surface area contributed by atoms with E-state index < -0.39 is 0 Å². The van der Waals surface area contributed by atoms with Gasteiger partial charge in [-0.2, -0.15) is 28.2 Å². The SMILES string of the molecule is c1ccc2c(c1)OCC2Cc1nc(-c2ccsc2)n(C2CSC2)n1. The van der Waals surface area contributed by atoms with Crippen LogP contribution in [0.3, 0.4) is 0 Å². The van der Waals surface area contributed by atoms with Crippen molar-refractivity contribution in [1.29, 1.82) is 0 Å². The highest BCUT2D eigenvalue weighted by atomic mass is 32.2. The highest BCUT2D eigenvalue weighted by Crippen LogP contribution is 2.37. The van der Waals surface area contributed by atoms with E-state index in [4.69, 9.17) is 14.8 Å². The predicted octanol–water partition coefficient (Wildman–Crippen LogP) is 4.01. The fourth-order valence-electron chi connectivity index (χ4n) is 3.28. The lowest BCUT2D eigenvalue weighted by molar-refractivity contribution is 0.328. The van der Waals surface area contributed by atoms with Crippen LogP contribution in [0.25, 0.3) is 11.4 Å². The fourth-order valence-corrected chi connectivity index (χ4v) is 4.64. The Morgan fingerprint density at radius 1 is 1.21 bits per heavy atom. The number of aromatic nitrogens is 3. The molecule has 122 valence electrons. The van der Waals surface area contributed by atoms with Crippen molar-refractivity contribution in [2.45, 2.75) is 18.4 Å². The third-order valence-corrected chi connectivity index (χ3v) is 6.57.